The summed E-state index contributed by atoms with van der Waals surface area (Å²) in [5.41, 5.74) is -0.176. The molecule has 1 aliphatic rings. The standard InChI is InChI=1S/C14H18O3/c1-4-17-11-8-6-5-7-10(11)14(12(15)16)9-13(14,2)3/h5-8H,4,9H2,1-3H3,(H,15,16). The molecular weight excluding hydrogens is 216 g/mol. The first-order chi connectivity index (χ1) is 7.95. The number of ether oxygens (including phenoxy) is 1. The van der Waals surface area contributed by atoms with E-state index in [1.165, 1.54) is 0 Å². The second-order valence-electron chi connectivity index (χ2n) is 5.20. The predicted octanol–water partition coefficient (Wildman–Crippen LogP) is 2.84. The van der Waals surface area contributed by atoms with Crippen molar-refractivity contribution in [3.63, 3.8) is 0 Å². The fourth-order valence-electron chi connectivity index (χ4n) is 2.66. The van der Waals surface area contributed by atoms with Gasteiger partial charge in [0.1, 0.15) is 11.2 Å². The largest absolute Gasteiger partial charge is 0.494 e. The summed E-state index contributed by atoms with van der Waals surface area (Å²) >= 11 is 0. The van der Waals surface area contributed by atoms with E-state index in [1.807, 2.05) is 45.0 Å². The molecule has 1 aromatic rings. The first kappa shape index (κ1) is 12.0. The zero-order valence-corrected chi connectivity index (χ0v) is 10.5. The monoisotopic (exact) mass is 234 g/mol. The maximum Gasteiger partial charge on any atom is 0.314 e. The van der Waals surface area contributed by atoms with E-state index in [-0.39, 0.29) is 5.41 Å². The Hall–Kier alpha value is -1.51. The number of para-hydroxylation sites is 1. The van der Waals surface area contributed by atoms with Gasteiger partial charge in [-0.25, -0.2) is 0 Å². The molecule has 17 heavy (non-hydrogen) atoms. The van der Waals surface area contributed by atoms with Gasteiger partial charge in [-0.3, -0.25) is 4.79 Å². The second-order valence-corrected chi connectivity index (χ2v) is 5.20. The highest BCUT2D eigenvalue weighted by Crippen LogP contribution is 2.65. The van der Waals surface area contributed by atoms with Crippen LogP contribution in [0.15, 0.2) is 24.3 Å². The molecule has 0 aliphatic heterocycles. The van der Waals surface area contributed by atoms with Crippen molar-refractivity contribution in [3.05, 3.63) is 29.8 Å². The van der Waals surface area contributed by atoms with Gasteiger partial charge in [0.15, 0.2) is 0 Å². The minimum absolute atomic E-state index is 0.202. The third kappa shape index (κ3) is 1.61. The quantitative estimate of drug-likeness (QED) is 0.871. The molecule has 92 valence electrons. The zero-order chi connectivity index (χ0) is 12.7. The Morgan fingerprint density at radius 1 is 1.41 bits per heavy atom. The van der Waals surface area contributed by atoms with Crippen LogP contribution in [0.2, 0.25) is 0 Å². The summed E-state index contributed by atoms with van der Waals surface area (Å²) in [7, 11) is 0. The van der Waals surface area contributed by atoms with Gasteiger partial charge in [0.25, 0.3) is 0 Å². The van der Waals surface area contributed by atoms with Crippen molar-refractivity contribution in [2.45, 2.75) is 32.6 Å². The molecule has 1 N–H and O–H groups in total. The van der Waals surface area contributed by atoms with Crippen LogP contribution in [0.3, 0.4) is 0 Å². The molecular formula is C14H18O3. The number of carbonyl (C=O) groups is 1. The number of carboxylic acids is 1. The number of aliphatic carboxylic acids is 1. The van der Waals surface area contributed by atoms with E-state index in [0.29, 0.717) is 18.8 Å². The number of hydrogen-bond acceptors (Lipinski definition) is 2. The van der Waals surface area contributed by atoms with E-state index < -0.39 is 11.4 Å². The van der Waals surface area contributed by atoms with Crippen molar-refractivity contribution in [3.8, 4) is 5.75 Å². The fourth-order valence-corrected chi connectivity index (χ4v) is 2.66. The van der Waals surface area contributed by atoms with Crippen molar-refractivity contribution in [2.24, 2.45) is 5.41 Å². The van der Waals surface area contributed by atoms with E-state index in [9.17, 15) is 9.90 Å². The Morgan fingerprint density at radius 2 is 2.00 bits per heavy atom. The first-order valence-corrected chi connectivity index (χ1v) is 5.91. The Kier molecular flexibility index (Phi) is 2.64. The Morgan fingerprint density at radius 3 is 2.47 bits per heavy atom. The number of carboxylic acid groups (broad SMARTS) is 1. The fraction of sp³-hybridized carbons (Fsp3) is 0.500. The van der Waals surface area contributed by atoms with Crippen LogP contribution in [0.5, 0.6) is 5.75 Å². The van der Waals surface area contributed by atoms with Crippen LogP contribution >= 0.6 is 0 Å². The topological polar surface area (TPSA) is 46.5 Å². The minimum Gasteiger partial charge on any atom is -0.494 e. The van der Waals surface area contributed by atoms with Gasteiger partial charge >= 0.3 is 5.97 Å². The van der Waals surface area contributed by atoms with Crippen molar-refractivity contribution in [1.82, 2.24) is 0 Å². The summed E-state index contributed by atoms with van der Waals surface area (Å²) in [6, 6.07) is 7.46. The van der Waals surface area contributed by atoms with Crippen LogP contribution < -0.4 is 4.74 Å². The highest BCUT2D eigenvalue weighted by atomic mass is 16.5. The molecule has 0 heterocycles. The molecule has 2 rings (SSSR count). The summed E-state index contributed by atoms with van der Waals surface area (Å²) in [6.07, 6.45) is 0.666. The highest BCUT2D eigenvalue weighted by molar-refractivity contribution is 5.88. The molecule has 3 heteroatoms. The molecule has 1 aliphatic carbocycles. The molecule has 1 aromatic carbocycles. The molecule has 0 aromatic heterocycles. The molecule has 3 nitrogen and oxygen atoms in total. The van der Waals surface area contributed by atoms with Gasteiger partial charge in [-0.05, 0) is 24.8 Å². The van der Waals surface area contributed by atoms with Crippen LogP contribution in [0.25, 0.3) is 0 Å². The SMILES string of the molecule is CCOc1ccccc1C1(C(=O)O)CC1(C)C. The van der Waals surface area contributed by atoms with E-state index in [0.717, 1.165) is 5.56 Å². The summed E-state index contributed by atoms with van der Waals surface area (Å²) < 4.78 is 5.54. The maximum atomic E-state index is 11.6. The summed E-state index contributed by atoms with van der Waals surface area (Å²) in [5.74, 6) is -0.0578. The first-order valence-electron chi connectivity index (χ1n) is 5.91. The highest BCUT2D eigenvalue weighted by Gasteiger charge is 2.68. The van der Waals surface area contributed by atoms with Crippen LogP contribution in [-0.2, 0) is 10.2 Å². The molecule has 1 atom stereocenters. The van der Waals surface area contributed by atoms with Crippen molar-refractivity contribution >= 4 is 5.97 Å². The normalized spacial score (nSPS) is 25.4. The van der Waals surface area contributed by atoms with Gasteiger partial charge in [-0.1, -0.05) is 32.0 Å². The molecule has 0 saturated heterocycles. The zero-order valence-electron chi connectivity index (χ0n) is 10.5. The lowest BCUT2D eigenvalue weighted by Crippen LogP contribution is -2.26. The molecule has 1 saturated carbocycles. The lowest BCUT2D eigenvalue weighted by atomic mass is 9.87. The summed E-state index contributed by atoms with van der Waals surface area (Å²) in [5, 5.41) is 9.53. The van der Waals surface area contributed by atoms with Crippen molar-refractivity contribution < 1.29 is 14.6 Å². The van der Waals surface area contributed by atoms with Crippen LogP contribution in [0.1, 0.15) is 32.8 Å². The Labute approximate surface area is 101 Å². The lowest BCUT2D eigenvalue weighted by molar-refractivity contribution is -0.141. The predicted molar refractivity (Wildman–Crippen MR) is 65.3 cm³/mol. The second kappa shape index (κ2) is 3.76. The molecule has 1 unspecified atom stereocenters. The number of benzene rings is 1. The van der Waals surface area contributed by atoms with Gasteiger partial charge in [0.05, 0.1) is 6.61 Å². The molecule has 0 radical (unpaired) electrons. The molecule has 1 fully saturated rings. The van der Waals surface area contributed by atoms with E-state index in [4.69, 9.17) is 4.74 Å². The van der Waals surface area contributed by atoms with E-state index in [1.54, 1.807) is 0 Å². The Balaban J connectivity index is 2.50. The van der Waals surface area contributed by atoms with Gasteiger partial charge in [-0.2, -0.15) is 0 Å². The summed E-state index contributed by atoms with van der Waals surface area (Å²) in [4.78, 5) is 11.6. The van der Waals surface area contributed by atoms with Gasteiger partial charge in [0, 0.05) is 5.56 Å². The van der Waals surface area contributed by atoms with Crippen molar-refractivity contribution in [1.29, 1.82) is 0 Å². The molecule has 0 amide bonds. The average Bonchev–Trinajstić information content (AvgIpc) is 2.84. The van der Waals surface area contributed by atoms with Crippen LogP contribution in [0, 0.1) is 5.41 Å². The minimum atomic E-state index is -0.779. The van der Waals surface area contributed by atoms with Crippen LogP contribution in [-0.4, -0.2) is 17.7 Å². The maximum absolute atomic E-state index is 11.6. The third-order valence-corrected chi connectivity index (χ3v) is 3.75. The molecule has 0 spiro atoms. The summed E-state index contributed by atoms with van der Waals surface area (Å²) in [6.45, 7) is 6.43. The van der Waals surface area contributed by atoms with Gasteiger partial charge in [-0.15, -0.1) is 0 Å². The number of hydrogen-bond donors (Lipinski definition) is 1. The van der Waals surface area contributed by atoms with Crippen LogP contribution in [0.4, 0.5) is 0 Å². The third-order valence-electron chi connectivity index (χ3n) is 3.75. The van der Waals surface area contributed by atoms with E-state index in [2.05, 4.69) is 0 Å². The van der Waals surface area contributed by atoms with E-state index >= 15 is 0 Å². The number of rotatable bonds is 4. The smallest absolute Gasteiger partial charge is 0.314 e. The van der Waals surface area contributed by atoms with Gasteiger partial charge < -0.3 is 9.84 Å². The molecule has 0 bridgehead atoms. The van der Waals surface area contributed by atoms with Crippen molar-refractivity contribution in [2.75, 3.05) is 6.61 Å². The average molecular weight is 234 g/mol. The lowest BCUT2D eigenvalue weighted by Gasteiger charge is -2.19. The van der Waals surface area contributed by atoms with Gasteiger partial charge in [0.2, 0.25) is 0 Å². The Bertz CT molecular complexity index is 451.